The predicted molar refractivity (Wildman–Crippen MR) is 102 cm³/mol. The second-order valence-corrected chi connectivity index (χ2v) is 7.26. The molecule has 0 fully saturated rings. The van der Waals surface area contributed by atoms with Gasteiger partial charge in [-0.25, -0.2) is 14.4 Å². The Balaban J connectivity index is 1.77. The molecule has 0 aliphatic carbocycles. The Kier molecular flexibility index (Phi) is 5.20. The van der Waals surface area contributed by atoms with E-state index in [0.29, 0.717) is 23.1 Å². The zero-order valence-electron chi connectivity index (χ0n) is 15.5. The number of aryl methyl sites for hydroxylation is 1. The first-order valence-electron chi connectivity index (χ1n) is 8.59. The van der Waals surface area contributed by atoms with Gasteiger partial charge in [-0.05, 0) is 38.5 Å². The maximum atomic E-state index is 13.9. The molecule has 1 amide bonds. The van der Waals surface area contributed by atoms with Gasteiger partial charge in [0.2, 0.25) is 5.88 Å². The molecule has 1 aliphatic heterocycles. The fourth-order valence-electron chi connectivity index (χ4n) is 2.94. The molecular weight excluding hydrogens is 369 g/mol. The lowest BCUT2D eigenvalue weighted by Gasteiger charge is -2.25. The van der Waals surface area contributed by atoms with Gasteiger partial charge >= 0.3 is 0 Å². The molecule has 2 aromatic heterocycles. The van der Waals surface area contributed by atoms with E-state index < -0.39 is 5.67 Å². The Bertz CT molecular complexity index is 901. The number of carbonyl (C=O) groups is 1. The third-order valence-electron chi connectivity index (χ3n) is 4.74. The molecule has 5 nitrogen and oxygen atoms in total. The lowest BCUT2D eigenvalue weighted by molar-refractivity contribution is 0.0715. The van der Waals surface area contributed by atoms with Crippen molar-refractivity contribution in [3.63, 3.8) is 0 Å². The van der Waals surface area contributed by atoms with Crippen LogP contribution < -0.4 is 4.74 Å². The summed E-state index contributed by atoms with van der Waals surface area (Å²) in [6.45, 7) is 8.85. The van der Waals surface area contributed by atoms with Gasteiger partial charge < -0.3 is 9.64 Å². The Morgan fingerprint density at radius 2 is 2.26 bits per heavy atom. The van der Waals surface area contributed by atoms with Crippen molar-refractivity contribution in [3.05, 3.63) is 64.6 Å². The highest BCUT2D eigenvalue weighted by atomic mass is 35.5. The first kappa shape index (κ1) is 19.3. The molecule has 0 bridgehead atoms. The number of aromatic nitrogens is 2. The standard InChI is InChI=1S/C20H21ClFN3O2/c1-5-20(4,22)11-27-18-12(2)8-14(9-24-18)13(3)25-10-16-15(19(25)26)6-7-23-17(16)21/h5-9,13H,1,10-11H2,2-4H3. The molecule has 2 aromatic rings. The summed E-state index contributed by atoms with van der Waals surface area (Å²) in [7, 11) is 0. The molecule has 0 saturated heterocycles. The molecule has 7 heteroatoms. The number of ether oxygens (including phenoxy) is 1. The minimum absolute atomic E-state index is 0.0843. The monoisotopic (exact) mass is 389 g/mol. The molecule has 2 atom stereocenters. The third-order valence-corrected chi connectivity index (χ3v) is 5.07. The van der Waals surface area contributed by atoms with Gasteiger partial charge in [-0.1, -0.05) is 24.3 Å². The van der Waals surface area contributed by atoms with Crippen molar-refractivity contribution in [1.82, 2.24) is 14.9 Å². The lowest BCUT2D eigenvalue weighted by atomic mass is 10.1. The molecule has 1 aliphatic rings. The van der Waals surface area contributed by atoms with E-state index in [1.54, 1.807) is 17.2 Å². The van der Waals surface area contributed by atoms with Crippen LogP contribution in [0.4, 0.5) is 4.39 Å². The number of nitrogens with zero attached hydrogens (tertiary/aromatic N) is 3. The largest absolute Gasteiger partial charge is 0.474 e. The molecule has 0 radical (unpaired) electrons. The number of amides is 1. The molecule has 27 heavy (non-hydrogen) atoms. The number of alkyl halides is 1. The van der Waals surface area contributed by atoms with E-state index in [1.165, 1.54) is 19.2 Å². The summed E-state index contributed by atoms with van der Waals surface area (Å²) in [4.78, 5) is 22.8. The van der Waals surface area contributed by atoms with Crippen molar-refractivity contribution < 1.29 is 13.9 Å². The van der Waals surface area contributed by atoms with Gasteiger partial charge in [-0.3, -0.25) is 4.79 Å². The number of hydrogen-bond acceptors (Lipinski definition) is 4. The minimum Gasteiger partial charge on any atom is -0.474 e. The van der Waals surface area contributed by atoms with Gasteiger partial charge in [-0.15, -0.1) is 0 Å². The van der Waals surface area contributed by atoms with Crippen LogP contribution in [0.15, 0.2) is 37.2 Å². The maximum absolute atomic E-state index is 13.9. The van der Waals surface area contributed by atoms with E-state index in [4.69, 9.17) is 16.3 Å². The SMILES string of the molecule is C=CC(C)(F)COc1ncc(C(C)N2Cc3c(ccnc3Cl)C2=O)cc1C. The minimum atomic E-state index is -1.62. The maximum Gasteiger partial charge on any atom is 0.255 e. The van der Waals surface area contributed by atoms with Crippen molar-refractivity contribution in [2.24, 2.45) is 0 Å². The summed E-state index contributed by atoms with van der Waals surface area (Å²) in [5, 5.41) is 0.352. The first-order chi connectivity index (χ1) is 12.7. The topological polar surface area (TPSA) is 55.3 Å². The van der Waals surface area contributed by atoms with Gasteiger partial charge in [0.15, 0.2) is 5.67 Å². The molecule has 0 saturated carbocycles. The zero-order chi connectivity index (χ0) is 19.8. The van der Waals surface area contributed by atoms with E-state index in [2.05, 4.69) is 16.5 Å². The highest BCUT2D eigenvalue weighted by Gasteiger charge is 2.33. The summed E-state index contributed by atoms with van der Waals surface area (Å²) < 4.78 is 19.4. The van der Waals surface area contributed by atoms with Crippen LogP contribution in [0.2, 0.25) is 5.15 Å². The Labute approximate surface area is 162 Å². The van der Waals surface area contributed by atoms with Crippen LogP contribution in [0.25, 0.3) is 0 Å². The third kappa shape index (κ3) is 3.81. The number of halogens is 2. The van der Waals surface area contributed by atoms with Crippen molar-refractivity contribution in [3.8, 4) is 5.88 Å². The number of carbonyl (C=O) groups excluding carboxylic acids is 1. The zero-order valence-corrected chi connectivity index (χ0v) is 16.3. The molecule has 142 valence electrons. The number of fused-ring (bicyclic) bond motifs is 1. The van der Waals surface area contributed by atoms with Crippen molar-refractivity contribution in [2.45, 2.75) is 39.0 Å². The Hall–Kier alpha value is -2.47. The van der Waals surface area contributed by atoms with Gasteiger partial charge in [0.25, 0.3) is 5.91 Å². The number of rotatable bonds is 6. The van der Waals surface area contributed by atoms with Gasteiger partial charge in [-0.2, -0.15) is 0 Å². The van der Waals surface area contributed by atoms with Crippen molar-refractivity contribution in [1.29, 1.82) is 0 Å². The summed E-state index contributed by atoms with van der Waals surface area (Å²) in [6.07, 6.45) is 4.38. The molecular formula is C20H21ClFN3O2. The molecule has 2 unspecified atom stereocenters. The summed E-state index contributed by atoms with van der Waals surface area (Å²) in [5.74, 6) is 0.277. The van der Waals surface area contributed by atoms with E-state index >= 15 is 0 Å². The average Bonchev–Trinajstić information content (AvgIpc) is 2.98. The molecule has 3 heterocycles. The van der Waals surface area contributed by atoms with Crippen LogP contribution in [-0.2, 0) is 6.54 Å². The lowest BCUT2D eigenvalue weighted by Crippen LogP contribution is -2.27. The smallest absolute Gasteiger partial charge is 0.255 e. The quantitative estimate of drug-likeness (QED) is 0.541. The van der Waals surface area contributed by atoms with E-state index in [-0.39, 0.29) is 18.6 Å². The second kappa shape index (κ2) is 7.27. The second-order valence-electron chi connectivity index (χ2n) is 6.90. The molecule has 0 spiro atoms. The first-order valence-corrected chi connectivity index (χ1v) is 8.97. The van der Waals surface area contributed by atoms with Crippen LogP contribution in [0.5, 0.6) is 5.88 Å². The van der Waals surface area contributed by atoms with Gasteiger partial charge in [0, 0.05) is 29.1 Å². The van der Waals surface area contributed by atoms with E-state index in [0.717, 1.165) is 16.7 Å². The summed E-state index contributed by atoms with van der Waals surface area (Å²) >= 11 is 6.12. The van der Waals surface area contributed by atoms with Crippen molar-refractivity contribution in [2.75, 3.05) is 6.61 Å². The number of hydrogen-bond donors (Lipinski definition) is 0. The molecule has 0 aromatic carbocycles. The highest BCUT2D eigenvalue weighted by molar-refractivity contribution is 6.30. The van der Waals surface area contributed by atoms with Crippen LogP contribution in [-0.4, -0.2) is 33.1 Å². The highest BCUT2D eigenvalue weighted by Crippen LogP contribution is 2.34. The Morgan fingerprint density at radius 3 is 2.89 bits per heavy atom. The van der Waals surface area contributed by atoms with Crippen LogP contribution in [0.1, 0.15) is 46.9 Å². The van der Waals surface area contributed by atoms with Gasteiger partial charge in [0.1, 0.15) is 11.8 Å². The normalized spacial score (nSPS) is 16.6. The van der Waals surface area contributed by atoms with Crippen molar-refractivity contribution >= 4 is 17.5 Å². The van der Waals surface area contributed by atoms with Crippen LogP contribution in [0, 0.1) is 6.92 Å². The fourth-order valence-corrected chi connectivity index (χ4v) is 3.16. The molecule has 3 rings (SSSR count). The van der Waals surface area contributed by atoms with Crippen LogP contribution >= 0.6 is 11.6 Å². The average molecular weight is 390 g/mol. The fraction of sp³-hybridized carbons (Fsp3) is 0.350. The predicted octanol–water partition coefficient (Wildman–Crippen LogP) is 4.45. The summed E-state index contributed by atoms with van der Waals surface area (Å²) in [5.41, 5.74) is 1.33. The number of pyridine rings is 2. The van der Waals surface area contributed by atoms with E-state index in [1.807, 2.05) is 19.9 Å². The van der Waals surface area contributed by atoms with Crippen LogP contribution in [0.3, 0.4) is 0 Å². The van der Waals surface area contributed by atoms with E-state index in [9.17, 15) is 9.18 Å². The Morgan fingerprint density at radius 1 is 1.52 bits per heavy atom. The summed E-state index contributed by atoms with van der Waals surface area (Å²) in [6, 6.07) is 3.37. The van der Waals surface area contributed by atoms with Gasteiger partial charge in [0.05, 0.1) is 12.6 Å². The molecule has 0 N–H and O–H groups in total.